The van der Waals surface area contributed by atoms with Gasteiger partial charge in [0.25, 0.3) is 0 Å². The number of pyridine rings is 1. The molecule has 0 spiro atoms. The first-order chi connectivity index (χ1) is 9.58. The van der Waals surface area contributed by atoms with Gasteiger partial charge in [0, 0.05) is 18.3 Å². The molecule has 8 heteroatoms. The van der Waals surface area contributed by atoms with Crippen molar-refractivity contribution in [2.45, 2.75) is 17.2 Å². The Morgan fingerprint density at radius 2 is 2.00 bits per heavy atom. The van der Waals surface area contributed by atoms with Gasteiger partial charge >= 0.3 is 5.97 Å². The van der Waals surface area contributed by atoms with Gasteiger partial charge in [-0.25, -0.2) is 9.78 Å². The molecule has 1 unspecified atom stereocenters. The molecule has 0 radical (unpaired) electrons. The third kappa shape index (κ3) is 3.61. The van der Waals surface area contributed by atoms with E-state index >= 15 is 0 Å². The van der Waals surface area contributed by atoms with E-state index in [2.05, 4.69) is 4.98 Å². The fourth-order valence-corrected chi connectivity index (χ4v) is 3.08. The lowest BCUT2D eigenvalue weighted by Gasteiger charge is -2.11. The van der Waals surface area contributed by atoms with Crippen LogP contribution in [0.2, 0.25) is 0 Å². The number of aromatic hydroxyl groups is 2. The van der Waals surface area contributed by atoms with Gasteiger partial charge in [0.1, 0.15) is 10.3 Å². The second-order valence-corrected chi connectivity index (χ2v) is 6.31. The highest BCUT2D eigenvalue weighted by Crippen LogP contribution is 2.33. The maximum Gasteiger partial charge on any atom is 0.346 e. The van der Waals surface area contributed by atoms with E-state index in [0.717, 1.165) is 5.03 Å². The predicted molar refractivity (Wildman–Crippen MR) is 76.5 cm³/mol. The normalized spacial score (nSPS) is 12.1. The molecule has 1 atom stereocenters. The Balaban J connectivity index is 1.89. The van der Waals surface area contributed by atoms with Gasteiger partial charge < -0.3 is 15.1 Å². The summed E-state index contributed by atoms with van der Waals surface area (Å²) in [5, 5.41) is 19.0. The molecule has 2 N–H and O–H groups in total. The SMILES string of the molecule is CC(SSc1ccccn1)C(=O)On1c(O)ccc1O. The maximum atomic E-state index is 11.8. The van der Waals surface area contributed by atoms with Crippen LogP contribution in [0.4, 0.5) is 0 Å². The van der Waals surface area contributed by atoms with Crippen LogP contribution in [0.5, 0.6) is 11.8 Å². The second kappa shape index (κ2) is 6.58. The van der Waals surface area contributed by atoms with E-state index in [9.17, 15) is 15.0 Å². The topological polar surface area (TPSA) is 84.6 Å². The summed E-state index contributed by atoms with van der Waals surface area (Å²) in [6.07, 6.45) is 1.67. The first-order valence-electron chi connectivity index (χ1n) is 5.64. The van der Waals surface area contributed by atoms with Crippen LogP contribution >= 0.6 is 21.6 Å². The first kappa shape index (κ1) is 14.6. The first-order valence-corrected chi connectivity index (χ1v) is 7.85. The number of rotatable bonds is 5. The van der Waals surface area contributed by atoms with Gasteiger partial charge in [0.15, 0.2) is 0 Å². The molecule has 0 aliphatic rings. The van der Waals surface area contributed by atoms with E-state index in [4.69, 9.17) is 4.84 Å². The van der Waals surface area contributed by atoms with Crippen LogP contribution in [0.1, 0.15) is 6.92 Å². The van der Waals surface area contributed by atoms with Gasteiger partial charge in [-0.1, -0.05) is 16.9 Å². The molecule has 2 heterocycles. The largest absolute Gasteiger partial charge is 0.492 e. The van der Waals surface area contributed by atoms with Gasteiger partial charge in [-0.2, -0.15) is 0 Å². The Morgan fingerprint density at radius 1 is 1.30 bits per heavy atom. The third-order valence-electron chi connectivity index (χ3n) is 2.23. The molecule has 0 fully saturated rings. The van der Waals surface area contributed by atoms with Crippen LogP contribution < -0.4 is 4.84 Å². The Bertz CT molecular complexity index is 569. The Hall–Kier alpha value is -1.80. The minimum Gasteiger partial charge on any atom is -0.492 e. The zero-order chi connectivity index (χ0) is 14.5. The number of hydrogen-bond acceptors (Lipinski definition) is 7. The number of carbonyl (C=O) groups excluding carboxylic acids is 1. The summed E-state index contributed by atoms with van der Waals surface area (Å²) in [5.41, 5.74) is 0. The fraction of sp³-hybridized carbons (Fsp3) is 0.167. The molecule has 0 bridgehead atoms. The summed E-state index contributed by atoms with van der Waals surface area (Å²) in [6, 6.07) is 7.95. The highest BCUT2D eigenvalue weighted by molar-refractivity contribution is 8.77. The van der Waals surface area contributed by atoms with Crippen LogP contribution in [-0.4, -0.2) is 31.1 Å². The van der Waals surface area contributed by atoms with Crippen LogP contribution in [0.15, 0.2) is 41.6 Å². The molecule has 6 nitrogen and oxygen atoms in total. The molecule has 0 aromatic carbocycles. The number of aromatic nitrogens is 2. The van der Waals surface area contributed by atoms with E-state index in [1.807, 2.05) is 18.2 Å². The molecule has 20 heavy (non-hydrogen) atoms. The average molecular weight is 312 g/mol. The van der Waals surface area contributed by atoms with Crippen molar-refractivity contribution in [3.05, 3.63) is 36.5 Å². The molecule has 0 aliphatic carbocycles. The van der Waals surface area contributed by atoms with Gasteiger partial charge in [0.2, 0.25) is 11.8 Å². The van der Waals surface area contributed by atoms with Crippen LogP contribution in [-0.2, 0) is 4.79 Å². The molecular weight excluding hydrogens is 300 g/mol. The van der Waals surface area contributed by atoms with Crippen LogP contribution in [0.25, 0.3) is 0 Å². The minimum absolute atomic E-state index is 0.342. The standard InChI is InChI=1S/C12H12N2O4S2/c1-8(19-20-9-4-2-3-7-13-9)12(17)18-14-10(15)5-6-11(14)16/h2-8,15-16H,1H3. The average Bonchev–Trinajstić information content (AvgIpc) is 2.77. The van der Waals surface area contributed by atoms with Crippen molar-refractivity contribution in [1.82, 2.24) is 9.71 Å². The Morgan fingerprint density at radius 3 is 2.60 bits per heavy atom. The molecule has 0 aliphatic heterocycles. The molecule has 0 saturated heterocycles. The number of carbonyl (C=O) groups is 1. The van der Waals surface area contributed by atoms with E-state index in [1.165, 1.54) is 33.7 Å². The summed E-state index contributed by atoms with van der Waals surface area (Å²) >= 11 is 0. The zero-order valence-corrected chi connectivity index (χ0v) is 12.1. The van der Waals surface area contributed by atoms with E-state index in [1.54, 1.807) is 13.1 Å². The summed E-state index contributed by atoms with van der Waals surface area (Å²) in [5.74, 6) is -1.27. The van der Waals surface area contributed by atoms with Crippen molar-refractivity contribution in [2.75, 3.05) is 0 Å². The predicted octanol–water partition coefficient (Wildman–Crippen LogP) is 2.08. The zero-order valence-electron chi connectivity index (χ0n) is 10.5. The lowest BCUT2D eigenvalue weighted by atomic mass is 10.5. The van der Waals surface area contributed by atoms with Gasteiger partial charge in [-0.05, 0) is 29.9 Å². The number of hydrogen-bond donors (Lipinski definition) is 2. The summed E-state index contributed by atoms with van der Waals surface area (Å²) in [6.45, 7) is 1.67. The van der Waals surface area contributed by atoms with Gasteiger partial charge in [0.05, 0.1) is 0 Å². The van der Waals surface area contributed by atoms with Crippen molar-refractivity contribution in [3.8, 4) is 11.8 Å². The van der Waals surface area contributed by atoms with Crippen molar-refractivity contribution < 1.29 is 19.8 Å². The monoisotopic (exact) mass is 312 g/mol. The quantitative estimate of drug-likeness (QED) is 0.818. The van der Waals surface area contributed by atoms with Crippen LogP contribution in [0.3, 0.4) is 0 Å². The number of nitrogens with zero attached hydrogens (tertiary/aromatic N) is 2. The summed E-state index contributed by atoms with van der Waals surface area (Å²) in [4.78, 5) is 20.8. The summed E-state index contributed by atoms with van der Waals surface area (Å²) < 4.78 is 0.671. The van der Waals surface area contributed by atoms with E-state index in [-0.39, 0.29) is 11.8 Å². The molecule has 0 saturated carbocycles. The fourth-order valence-electron chi connectivity index (χ4n) is 1.22. The highest BCUT2D eigenvalue weighted by Gasteiger charge is 2.20. The molecule has 2 aromatic rings. The van der Waals surface area contributed by atoms with Gasteiger partial charge in [-0.3, -0.25) is 0 Å². The molecule has 106 valence electrons. The van der Waals surface area contributed by atoms with Crippen molar-refractivity contribution >= 4 is 27.6 Å². The van der Waals surface area contributed by atoms with E-state index in [0.29, 0.717) is 4.73 Å². The van der Waals surface area contributed by atoms with Crippen LogP contribution in [0, 0.1) is 0 Å². The summed E-state index contributed by atoms with van der Waals surface area (Å²) in [7, 11) is 2.62. The lowest BCUT2D eigenvalue weighted by Crippen LogP contribution is -2.26. The molecule has 2 rings (SSSR count). The Kier molecular flexibility index (Phi) is 4.80. The van der Waals surface area contributed by atoms with Gasteiger partial charge in [-0.15, -0.1) is 4.73 Å². The second-order valence-electron chi connectivity index (χ2n) is 3.74. The smallest absolute Gasteiger partial charge is 0.346 e. The Labute approximate surface area is 123 Å². The maximum absolute atomic E-state index is 11.8. The van der Waals surface area contributed by atoms with Crippen molar-refractivity contribution in [1.29, 1.82) is 0 Å². The molecular formula is C12H12N2O4S2. The third-order valence-corrected chi connectivity index (χ3v) is 4.88. The highest BCUT2D eigenvalue weighted by atomic mass is 33.1. The minimum atomic E-state index is -0.583. The molecule has 0 amide bonds. The lowest BCUT2D eigenvalue weighted by molar-refractivity contribution is -0.144. The van der Waals surface area contributed by atoms with Crippen molar-refractivity contribution in [3.63, 3.8) is 0 Å². The van der Waals surface area contributed by atoms with E-state index < -0.39 is 11.2 Å². The van der Waals surface area contributed by atoms with Crippen molar-refractivity contribution in [2.24, 2.45) is 0 Å². The molecule has 2 aromatic heterocycles.